The number of nitrogens with one attached hydrogen (secondary N) is 2. The number of hydrogen-bond donors (Lipinski definition) is 2. The van der Waals surface area contributed by atoms with Crippen molar-refractivity contribution in [1.29, 1.82) is 0 Å². The van der Waals surface area contributed by atoms with E-state index in [0.717, 1.165) is 25.7 Å². The van der Waals surface area contributed by atoms with Crippen LogP contribution in [0.15, 0.2) is 36.9 Å². The maximum absolute atomic E-state index is 12.0. The molecule has 0 radical (unpaired) electrons. The van der Waals surface area contributed by atoms with Gasteiger partial charge in [0.15, 0.2) is 0 Å². The Morgan fingerprint density at radius 2 is 1.73 bits per heavy atom. The molecule has 1 aliphatic rings. The Bertz CT molecular complexity index is 621. The SMILES string of the molecule is C=CC(=O)NCCC(=O)NC1CCC(c2ccc(C(C)(C)C)cc2)CC1. The summed E-state index contributed by atoms with van der Waals surface area (Å²) >= 11 is 0. The van der Waals surface area contributed by atoms with Crippen molar-refractivity contribution in [2.45, 2.75) is 70.3 Å². The number of rotatable bonds is 6. The molecule has 2 amide bonds. The second kappa shape index (κ2) is 9.02. The standard InChI is InChI=1S/C22H32N2O2/c1-5-20(25)23-15-14-21(26)24-19-12-8-17(9-13-19)16-6-10-18(11-7-16)22(2,3)4/h5-7,10-11,17,19H,1,8-9,12-15H2,2-4H3,(H,23,25)(H,24,26). The topological polar surface area (TPSA) is 58.2 Å². The molecule has 0 heterocycles. The first-order valence-corrected chi connectivity index (χ1v) is 9.59. The van der Waals surface area contributed by atoms with Gasteiger partial charge in [-0.25, -0.2) is 0 Å². The fraction of sp³-hybridized carbons (Fsp3) is 0.545. The van der Waals surface area contributed by atoms with E-state index in [1.54, 1.807) is 0 Å². The van der Waals surface area contributed by atoms with Gasteiger partial charge < -0.3 is 10.6 Å². The van der Waals surface area contributed by atoms with Gasteiger partial charge in [0.05, 0.1) is 0 Å². The minimum absolute atomic E-state index is 0.00680. The molecule has 0 unspecified atom stereocenters. The fourth-order valence-corrected chi connectivity index (χ4v) is 3.50. The molecule has 142 valence electrons. The molecule has 0 bridgehead atoms. The van der Waals surface area contributed by atoms with Gasteiger partial charge in [-0.15, -0.1) is 0 Å². The van der Waals surface area contributed by atoms with Crippen molar-refractivity contribution in [2.24, 2.45) is 0 Å². The lowest BCUT2D eigenvalue weighted by Crippen LogP contribution is -2.38. The van der Waals surface area contributed by atoms with Crippen molar-refractivity contribution in [3.8, 4) is 0 Å². The summed E-state index contributed by atoms with van der Waals surface area (Å²) in [6.07, 6.45) is 5.76. The molecule has 0 atom stereocenters. The Morgan fingerprint density at radius 1 is 1.12 bits per heavy atom. The molecule has 4 nitrogen and oxygen atoms in total. The highest BCUT2D eigenvalue weighted by Gasteiger charge is 2.24. The van der Waals surface area contributed by atoms with Crippen LogP contribution in [-0.2, 0) is 15.0 Å². The zero-order valence-corrected chi connectivity index (χ0v) is 16.3. The summed E-state index contributed by atoms with van der Waals surface area (Å²) in [5, 5.41) is 5.72. The summed E-state index contributed by atoms with van der Waals surface area (Å²) in [7, 11) is 0. The van der Waals surface area contributed by atoms with Crippen LogP contribution in [0.3, 0.4) is 0 Å². The van der Waals surface area contributed by atoms with Crippen molar-refractivity contribution in [1.82, 2.24) is 10.6 Å². The van der Waals surface area contributed by atoms with Gasteiger partial charge >= 0.3 is 0 Å². The van der Waals surface area contributed by atoms with E-state index in [9.17, 15) is 9.59 Å². The number of carbonyl (C=O) groups excluding carboxylic acids is 2. The molecule has 1 fully saturated rings. The smallest absolute Gasteiger partial charge is 0.243 e. The van der Waals surface area contributed by atoms with Gasteiger partial charge in [-0.2, -0.15) is 0 Å². The van der Waals surface area contributed by atoms with Crippen molar-refractivity contribution in [2.75, 3.05) is 6.54 Å². The first kappa shape index (κ1) is 20.2. The van der Waals surface area contributed by atoms with Crippen LogP contribution in [0.2, 0.25) is 0 Å². The minimum Gasteiger partial charge on any atom is -0.353 e. The van der Waals surface area contributed by atoms with E-state index in [-0.39, 0.29) is 23.3 Å². The molecule has 0 aliphatic heterocycles. The summed E-state index contributed by atoms with van der Waals surface area (Å²) in [4.78, 5) is 23.0. The summed E-state index contributed by atoms with van der Waals surface area (Å²) in [6, 6.07) is 9.29. The monoisotopic (exact) mass is 356 g/mol. The predicted octanol–water partition coefficient (Wildman–Crippen LogP) is 3.82. The number of benzene rings is 1. The third kappa shape index (κ3) is 6.01. The second-order valence-corrected chi connectivity index (χ2v) is 8.23. The molecular weight excluding hydrogens is 324 g/mol. The largest absolute Gasteiger partial charge is 0.353 e. The van der Waals surface area contributed by atoms with Gasteiger partial charge in [0.2, 0.25) is 11.8 Å². The quantitative estimate of drug-likeness (QED) is 0.761. The zero-order chi connectivity index (χ0) is 19.2. The lowest BCUT2D eigenvalue weighted by molar-refractivity contribution is -0.122. The highest BCUT2D eigenvalue weighted by atomic mass is 16.2. The molecule has 1 aromatic rings. The third-order valence-corrected chi connectivity index (χ3v) is 5.18. The molecule has 4 heteroatoms. The molecule has 1 aromatic carbocycles. The summed E-state index contributed by atoms with van der Waals surface area (Å²) < 4.78 is 0. The summed E-state index contributed by atoms with van der Waals surface area (Å²) in [5.41, 5.74) is 2.96. The lowest BCUT2D eigenvalue weighted by Gasteiger charge is -2.30. The van der Waals surface area contributed by atoms with Crippen molar-refractivity contribution in [3.63, 3.8) is 0 Å². The van der Waals surface area contributed by atoms with Crippen LogP contribution in [0.1, 0.15) is 69.9 Å². The van der Waals surface area contributed by atoms with Crippen LogP contribution in [0.5, 0.6) is 0 Å². The van der Waals surface area contributed by atoms with E-state index < -0.39 is 0 Å². The molecule has 0 aromatic heterocycles. The van der Waals surface area contributed by atoms with Gasteiger partial charge in [0.25, 0.3) is 0 Å². The summed E-state index contributed by atoms with van der Waals surface area (Å²) in [6.45, 7) is 10.4. The predicted molar refractivity (Wildman–Crippen MR) is 106 cm³/mol. The molecule has 0 spiro atoms. The maximum Gasteiger partial charge on any atom is 0.243 e. The van der Waals surface area contributed by atoms with Crippen LogP contribution >= 0.6 is 0 Å². The normalized spacial score (nSPS) is 20.3. The number of carbonyl (C=O) groups is 2. The van der Waals surface area contributed by atoms with Crippen LogP contribution in [0.25, 0.3) is 0 Å². The van der Waals surface area contributed by atoms with Gasteiger partial charge in [0, 0.05) is 19.0 Å². The Labute approximate surface area is 157 Å². The van der Waals surface area contributed by atoms with Gasteiger partial charge in [0.1, 0.15) is 0 Å². The average Bonchev–Trinajstić information content (AvgIpc) is 2.61. The van der Waals surface area contributed by atoms with Crippen LogP contribution in [0.4, 0.5) is 0 Å². The van der Waals surface area contributed by atoms with Crippen molar-refractivity contribution >= 4 is 11.8 Å². The van der Waals surface area contributed by atoms with Gasteiger partial charge in [-0.05, 0) is 54.2 Å². The van der Waals surface area contributed by atoms with E-state index in [4.69, 9.17) is 0 Å². The molecule has 1 aliphatic carbocycles. The van der Waals surface area contributed by atoms with E-state index >= 15 is 0 Å². The fourth-order valence-electron chi connectivity index (χ4n) is 3.50. The van der Waals surface area contributed by atoms with E-state index in [2.05, 4.69) is 62.2 Å². The van der Waals surface area contributed by atoms with E-state index in [1.165, 1.54) is 17.2 Å². The van der Waals surface area contributed by atoms with Gasteiger partial charge in [-0.3, -0.25) is 9.59 Å². The molecule has 0 saturated heterocycles. The minimum atomic E-state index is -0.240. The van der Waals surface area contributed by atoms with Crippen molar-refractivity contribution in [3.05, 3.63) is 48.0 Å². The average molecular weight is 357 g/mol. The van der Waals surface area contributed by atoms with E-state index in [1.807, 2.05) is 0 Å². The van der Waals surface area contributed by atoms with Crippen LogP contribution < -0.4 is 10.6 Å². The molecule has 1 saturated carbocycles. The van der Waals surface area contributed by atoms with Crippen LogP contribution in [0, 0.1) is 0 Å². The van der Waals surface area contributed by atoms with E-state index in [0.29, 0.717) is 18.9 Å². The molecule has 2 N–H and O–H groups in total. The Hall–Kier alpha value is -2.10. The summed E-state index contributed by atoms with van der Waals surface area (Å²) in [5.74, 6) is 0.354. The van der Waals surface area contributed by atoms with Crippen LogP contribution in [-0.4, -0.2) is 24.4 Å². The number of amides is 2. The lowest BCUT2D eigenvalue weighted by atomic mass is 9.80. The molecule has 2 rings (SSSR count). The Kier molecular flexibility index (Phi) is 7.01. The van der Waals surface area contributed by atoms with Gasteiger partial charge in [-0.1, -0.05) is 51.6 Å². The molecule has 26 heavy (non-hydrogen) atoms. The third-order valence-electron chi connectivity index (χ3n) is 5.18. The first-order chi connectivity index (χ1) is 12.3. The molecular formula is C22H32N2O2. The Balaban J connectivity index is 1.75. The maximum atomic E-state index is 12.0. The number of hydrogen-bond acceptors (Lipinski definition) is 2. The highest BCUT2D eigenvalue weighted by molar-refractivity contribution is 5.87. The first-order valence-electron chi connectivity index (χ1n) is 9.59. The zero-order valence-electron chi connectivity index (χ0n) is 16.3. The van der Waals surface area contributed by atoms with Crippen molar-refractivity contribution < 1.29 is 9.59 Å². The Morgan fingerprint density at radius 3 is 2.27 bits per heavy atom. The second-order valence-electron chi connectivity index (χ2n) is 8.23. The highest BCUT2D eigenvalue weighted by Crippen LogP contribution is 2.34.